The number of para-hydroxylation sites is 1. The molecule has 4 aromatic rings. The summed E-state index contributed by atoms with van der Waals surface area (Å²) in [6.07, 6.45) is 5.81. The molecule has 0 bridgehead atoms. The first kappa shape index (κ1) is 22.8. The Morgan fingerprint density at radius 3 is 2.58 bits per heavy atom. The van der Waals surface area contributed by atoms with E-state index in [-0.39, 0.29) is 11.7 Å². The van der Waals surface area contributed by atoms with Crippen molar-refractivity contribution in [3.05, 3.63) is 71.9 Å². The van der Waals surface area contributed by atoms with Crippen LogP contribution in [0.25, 0.3) is 16.8 Å². The number of benzene rings is 1. The van der Waals surface area contributed by atoms with Crippen molar-refractivity contribution in [3.8, 4) is 16.9 Å². The van der Waals surface area contributed by atoms with Gasteiger partial charge in [-0.1, -0.05) is 18.2 Å². The highest BCUT2D eigenvalue weighted by molar-refractivity contribution is 5.65. The van der Waals surface area contributed by atoms with E-state index in [9.17, 15) is 13.9 Å². The van der Waals surface area contributed by atoms with Crippen LogP contribution in [0.5, 0.6) is 5.75 Å². The number of anilines is 1. The standard InChI is InChI=1S/C26H25F2N5O3/c1-26(34)12-19(18-4-2-3-5-20(18)36-24(27)28)22-23(26)31-21-7-6-16(15-33(21)22)17-13-29-25(30-14-17)32-8-10-35-11-9-32/h2-7,13-15,19,24,34H,8-12H2,1H3. The van der Waals surface area contributed by atoms with Crippen molar-refractivity contribution < 1.29 is 23.4 Å². The fourth-order valence-corrected chi connectivity index (χ4v) is 5.18. The fourth-order valence-electron chi connectivity index (χ4n) is 5.18. The minimum absolute atomic E-state index is 0.0966. The average molecular weight is 494 g/mol. The van der Waals surface area contributed by atoms with Gasteiger partial charge in [-0.2, -0.15) is 8.78 Å². The van der Waals surface area contributed by atoms with Crippen LogP contribution in [0.2, 0.25) is 0 Å². The van der Waals surface area contributed by atoms with E-state index < -0.39 is 12.2 Å². The van der Waals surface area contributed by atoms with Gasteiger partial charge in [0.1, 0.15) is 17.0 Å². The highest BCUT2D eigenvalue weighted by atomic mass is 19.3. The Bertz CT molecular complexity index is 1400. The highest BCUT2D eigenvalue weighted by Crippen LogP contribution is 2.49. The summed E-state index contributed by atoms with van der Waals surface area (Å²) in [6, 6.07) is 10.5. The largest absolute Gasteiger partial charge is 0.435 e. The fraction of sp³-hybridized carbons (Fsp3) is 0.346. The van der Waals surface area contributed by atoms with Gasteiger partial charge < -0.3 is 23.9 Å². The number of imidazole rings is 1. The summed E-state index contributed by atoms with van der Waals surface area (Å²) in [5, 5.41) is 11.2. The molecule has 3 aromatic heterocycles. The van der Waals surface area contributed by atoms with E-state index in [4.69, 9.17) is 14.5 Å². The first-order valence-corrected chi connectivity index (χ1v) is 11.8. The second-order valence-electron chi connectivity index (χ2n) is 9.31. The third-order valence-corrected chi connectivity index (χ3v) is 6.87. The van der Waals surface area contributed by atoms with Crippen LogP contribution < -0.4 is 9.64 Å². The summed E-state index contributed by atoms with van der Waals surface area (Å²) in [6.45, 7) is 1.58. The third-order valence-electron chi connectivity index (χ3n) is 6.87. The van der Waals surface area contributed by atoms with Crippen molar-refractivity contribution in [2.24, 2.45) is 0 Å². The van der Waals surface area contributed by atoms with Crippen LogP contribution in [-0.2, 0) is 10.3 Å². The van der Waals surface area contributed by atoms with Gasteiger partial charge in [-0.25, -0.2) is 15.0 Å². The van der Waals surface area contributed by atoms with E-state index in [1.807, 2.05) is 22.7 Å². The van der Waals surface area contributed by atoms with E-state index in [1.54, 1.807) is 37.5 Å². The van der Waals surface area contributed by atoms with Crippen molar-refractivity contribution in [2.75, 3.05) is 31.2 Å². The maximum absolute atomic E-state index is 13.1. The van der Waals surface area contributed by atoms with Gasteiger partial charge in [0.05, 0.1) is 24.6 Å². The van der Waals surface area contributed by atoms with E-state index in [0.717, 1.165) is 29.9 Å². The average Bonchev–Trinajstić information content (AvgIpc) is 3.39. The summed E-state index contributed by atoms with van der Waals surface area (Å²) >= 11 is 0. The molecule has 1 aromatic carbocycles. The summed E-state index contributed by atoms with van der Waals surface area (Å²) < 4.78 is 38.3. The minimum atomic E-state index is -2.94. The molecule has 1 N–H and O–H groups in total. The number of halogens is 2. The zero-order valence-electron chi connectivity index (χ0n) is 19.6. The van der Waals surface area contributed by atoms with Gasteiger partial charge in [0, 0.05) is 54.3 Å². The van der Waals surface area contributed by atoms with Crippen LogP contribution >= 0.6 is 0 Å². The summed E-state index contributed by atoms with van der Waals surface area (Å²) in [5.41, 5.74) is 3.03. The first-order valence-electron chi connectivity index (χ1n) is 11.8. The molecule has 2 aliphatic rings. The Balaban J connectivity index is 1.41. The van der Waals surface area contributed by atoms with Crippen LogP contribution in [0.1, 0.15) is 36.2 Å². The molecular weight excluding hydrogens is 468 g/mol. The zero-order valence-corrected chi connectivity index (χ0v) is 19.6. The molecule has 0 spiro atoms. The first-order chi connectivity index (χ1) is 17.4. The number of morpholine rings is 1. The zero-order chi connectivity index (χ0) is 24.9. The number of hydrogen-bond acceptors (Lipinski definition) is 7. The Morgan fingerprint density at radius 2 is 1.83 bits per heavy atom. The lowest BCUT2D eigenvalue weighted by molar-refractivity contribution is -0.0506. The number of nitrogens with zero attached hydrogens (tertiary/aromatic N) is 5. The predicted octanol–water partition coefficient (Wildman–Crippen LogP) is 3.97. The number of ether oxygens (including phenoxy) is 2. The number of aromatic nitrogens is 4. The van der Waals surface area contributed by atoms with Crippen LogP contribution in [-0.4, -0.2) is 57.4 Å². The van der Waals surface area contributed by atoms with Crippen molar-refractivity contribution >= 4 is 11.6 Å². The number of hydrogen-bond donors (Lipinski definition) is 1. The molecule has 36 heavy (non-hydrogen) atoms. The maximum atomic E-state index is 13.1. The van der Waals surface area contributed by atoms with E-state index in [0.29, 0.717) is 42.5 Å². The van der Waals surface area contributed by atoms with Crippen molar-refractivity contribution in [1.82, 2.24) is 19.4 Å². The normalized spacial score (nSPS) is 21.8. The Morgan fingerprint density at radius 1 is 1.08 bits per heavy atom. The van der Waals surface area contributed by atoms with Gasteiger partial charge in [0.25, 0.3) is 0 Å². The lowest BCUT2D eigenvalue weighted by atomic mass is 9.93. The predicted molar refractivity (Wildman–Crippen MR) is 128 cm³/mol. The summed E-state index contributed by atoms with van der Waals surface area (Å²) in [7, 11) is 0. The molecule has 186 valence electrons. The third kappa shape index (κ3) is 3.96. The second-order valence-corrected chi connectivity index (χ2v) is 9.31. The molecular formula is C26H25F2N5O3. The molecule has 0 saturated carbocycles. The Hall–Kier alpha value is -3.63. The smallest absolute Gasteiger partial charge is 0.387 e. The molecule has 4 heterocycles. The number of pyridine rings is 1. The van der Waals surface area contributed by atoms with Gasteiger partial charge in [-0.05, 0) is 31.5 Å². The van der Waals surface area contributed by atoms with Crippen LogP contribution in [0, 0.1) is 0 Å². The van der Waals surface area contributed by atoms with Gasteiger partial charge in [0.15, 0.2) is 0 Å². The SMILES string of the molecule is CC1(O)CC(c2ccccc2OC(F)F)c2c1nc1ccc(-c3cnc(N4CCOCC4)nc3)cn21. The summed E-state index contributed by atoms with van der Waals surface area (Å²) in [5.74, 6) is 0.382. The number of aliphatic hydroxyl groups is 1. The van der Waals surface area contributed by atoms with Gasteiger partial charge in [0.2, 0.25) is 5.95 Å². The second kappa shape index (κ2) is 8.79. The highest BCUT2D eigenvalue weighted by Gasteiger charge is 2.44. The molecule has 6 rings (SSSR count). The number of fused-ring (bicyclic) bond motifs is 3. The van der Waals surface area contributed by atoms with Crippen molar-refractivity contribution in [2.45, 2.75) is 31.5 Å². The van der Waals surface area contributed by atoms with E-state index in [2.05, 4.69) is 14.9 Å². The van der Waals surface area contributed by atoms with Gasteiger partial charge in [-0.3, -0.25) is 0 Å². The van der Waals surface area contributed by atoms with Crippen LogP contribution in [0.4, 0.5) is 14.7 Å². The lowest BCUT2D eigenvalue weighted by Crippen LogP contribution is -2.37. The topological polar surface area (TPSA) is 85.0 Å². The Kier molecular flexibility index (Phi) is 5.57. The molecule has 1 aliphatic heterocycles. The minimum Gasteiger partial charge on any atom is -0.435 e. The molecule has 10 heteroatoms. The molecule has 1 saturated heterocycles. The summed E-state index contributed by atoms with van der Waals surface area (Å²) in [4.78, 5) is 15.9. The van der Waals surface area contributed by atoms with Gasteiger partial charge >= 0.3 is 6.61 Å². The molecule has 0 amide bonds. The molecule has 2 unspecified atom stereocenters. The number of rotatable bonds is 5. The molecule has 1 aliphatic carbocycles. The maximum Gasteiger partial charge on any atom is 0.387 e. The van der Waals surface area contributed by atoms with Crippen LogP contribution in [0.3, 0.4) is 0 Å². The van der Waals surface area contributed by atoms with Crippen molar-refractivity contribution in [1.29, 1.82) is 0 Å². The van der Waals surface area contributed by atoms with E-state index in [1.165, 1.54) is 6.07 Å². The molecule has 8 nitrogen and oxygen atoms in total. The monoisotopic (exact) mass is 493 g/mol. The quantitative estimate of drug-likeness (QED) is 0.450. The van der Waals surface area contributed by atoms with Crippen LogP contribution in [0.15, 0.2) is 55.0 Å². The molecule has 2 atom stereocenters. The van der Waals surface area contributed by atoms with Crippen molar-refractivity contribution in [3.63, 3.8) is 0 Å². The molecule has 1 fully saturated rings. The van der Waals surface area contributed by atoms with Gasteiger partial charge in [-0.15, -0.1) is 0 Å². The number of alkyl halides is 2. The van der Waals surface area contributed by atoms with E-state index >= 15 is 0 Å². The Labute approximate surface area is 206 Å². The lowest BCUT2D eigenvalue weighted by Gasteiger charge is -2.26. The molecule has 0 radical (unpaired) electrons.